The normalized spacial score (nSPS) is 18.9. The Morgan fingerprint density at radius 2 is 2.23 bits per heavy atom. The van der Waals surface area contributed by atoms with Gasteiger partial charge in [-0.2, -0.15) is 0 Å². The van der Waals surface area contributed by atoms with Gasteiger partial charge in [0.25, 0.3) is 0 Å². The lowest BCUT2D eigenvalue weighted by molar-refractivity contribution is 0.266. The highest BCUT2D eigenvalue weighted by atomic mass is 79.9. The van der Waals surface area contributed by atoms with Crippen LogP contribution in [0.1, 0.15) is 30.2 Å². The van der Waals surface area contributed by atoms with Gasteiger partial charge in [-0.3, -0.25) is 0 Å². The average Bonchev–Trinajstić information content (AvgIpc) is 2.31. The molecule has 2 N–H and O–H groups in total. The number of rotatable bonds is 2. The zero-order valence-corrected chi connectivity index (χ0v) is 10.4. The molecule has 1 aromatic heterocycles. The van der Waals surface area contributed by atoms with E-state index >= 15 is 0 Å². The second-order valence-corrected chi connectivity index (χ2v) is 5.15. The van der Waals surface area contributed by atoms with Gasteiger partial charge in [0.1, 0.15) is 0 Å². The van der Waals surface area contributed by atoms with Crippen LogP contribution in [0.4, 0.5) is 0 Å². The van der Waals surface area contributed by atoms with Crippen LogP contribution < -0.4 is 5.73 Å². The summed E-state index contributed by atoms with van der Waals surface area (Å²) < 4.78 is 1.19. The topological polar surface area (TPSA) is 26.0 Å². The Hall–Kier alpha value is 0.430. The number of nitrogens with two attached hydrogens (primary N) is 1. The zero-order valence-electron chi connectivity index (χ0n) is 7.20. The molecular formula is C9H13BrClNS. The molecule has 4 heteroatoms. The molecule has 1 heterocycles. The van der Waals surface area contributed by atoms with Crippen molar-refractivity contribution in [2.75, 3.05) is 0 Å². The molecule has 1 aromatic rings. The van der Waals surface area contributed by atoms with Gasteiger partial charge in [-0.05, 0) is 46.1 Å². The van der Waals surface area contributed by atoms with E-state index in [9.17, 15) is 0 Å². The first kappa shape index (κ1) is 11.5. The smallest absolute Gasteiger partial charge is 0.0429 e. The van der Waals surface area contributed by atoms with E-state index in [0.717, 1.165) is 5.92 Å². The van der Waals surface area contributed by atoms with Crippen LogP contribution in [0.3, 0.4) is 0 Å². The first-order chi connectivity index (χ1) is 5.79. The molecule has 74 valence electrons. The highest BCUT2D eigenvalue weighted by molar-refractivity contribution is 9.10. The second kappa shape index (κ2) is 4.78. The molecule has 1 saturated carbocycles. The summed E-state index contributed by atoms with van der Waals surface area (Å²) in [5, 5.41) is 2.10. The molecule has 1 fully saturated rings. The highest BCUT2D eigenvalue weighted by Gasteiger charge is 2.27. The average molecular weight is 283 g/mol. The predicted molar refractivity (Wildman–Crippen MR) is 63.5 cm³/mol. The summed E-state index contributed by atoms with van der Waals surface area (Å²) in [5.41, 5.74) is 6.13. The third-order valence-electron chi connectivity index (χ3n) is 2.61. The van der Waals surface area contributed by atoms with Crippen molar-refractivity contribution in [2.45, 2.75) is 25.3 Å². The van der Waals surface area contributed by atoms with Gasteiger partial charge in [-0.25, -0.2) is 0 Å². The molecule has 0 aromatic carbocycles. The Morgan fingerprint density at radius 1 is 1.54 bits per heavy atom. The lowest BCUT2D eigenvalue weighted by Gasteiger charge is -2.30. The molecule has 1 aliphatic carbocycles. The van der Waals surface area contributed by atoms with Crippen molar-refractivity contribution in [1.29, 1.82) is 0 Å². The van der Waals surface area contributed by atoms with Gasteiger partial charge in [-0.1, -0.05) is 6.42 Å². The van der Waals surface area contributed by atoms with E-state index in [1.165, 1.54) is 28.6 Å². The molecule has 0 unspecified atom stereocenters. The van der Waals surface area contributed by atoms with Gasteiger partial charge < -0.3 is 5.73 Å². The summed E-state index contributed by atoms with van der Waals surface area (Å²) in [6.07, 6.45) is 3.98. The molecule has 0 bridgehead atoms. The first-order valence-corrected chi connectivity index (χ1v) is 5.95. The van der Waals surface area contributed by atoms with Crippen molar-refractivity contribution in [1.82, 2.24) is 0 Å². The van der Waals surface area contributed by atoms with Crippen molar-refractivity contribution < 1.29 is 0 Å². The minimum atomic E-state index is 0. The third kappa shape index (κ3) is 2.27. The minimum absolute atomic E-state index is 0. The monoisotopic (exact) mass is 281 g/mol. The quantitative estimate of drug-likeness (QED) is 0.879. The van der Waals surface area contributed by atoms with Crippen LogP contribution >= 0.6 is 39.7 Å². The number of thiophene rings is 1. The van der Waals surface area contributed by atoms with E-state index in [0.29, 0.717) is 0 Å². The van der Waals surface area contributed by atoms with Crippen LogP contribution in [0, 0.1) is 5.92 Å². The van der Waals surface area contributed by atoms with Crippen molar-refractivity contribution >= 4 is 39.7 Å². The number of hydrogen-bond donors (Lipinski definition) is 1. The predicted octanol–water partition coefficient (Wildman–Crippen LogP) is 3.73. The summed E-state index contributed by atoms with van der Waals surface area (Å²) in [6, 6.07) is 2.35. The molecule has 0 saturated heterocycles. The summed E-state index contributed by atoms with van der Waals surface area (Å²) in [7, 11) is 0. The van der Waals surface area contributed by atoms with Crippen LogP contribution in [0.5, 0.6) is 0 Å². The Labute approximate surface area is 97.3 Å². The molecule has 1 aliphatic rings. The van der Waals surface area contributed by atoms with Gasteiger partial charge in [0, 0.05) is 15.4 Å². The number of halogens is 2. The van der Waals surface area contributed by atoms with Crippen molar-refractivity contribution in [2.24, 2.45) is 11.7 Å². The molecule has 2 rings (SSSR count). The third-order valence-corrected chi connectivity index (χ3v) is 4.58. The van der Waals surface area contributed by atoms with Crippen LogP contribution in [0.2, 0.25) is 0 Å². The lowest BCUT2D eigenvalue weighted by atomic mass is 9.79. The fourth-order valence-corrected chi connectivity index (χ4v) is 3.29. The Bertz CT molecular complexity index is 272. The summed E-state index contributed by atoms with van der Waals surface area (Å²) in [5.74, 6) is 0.736. The Morgan fingerprint density at radius 3 is 2.62 bits per heavy atom. The minimum Gasteiger partial charge on any atom is -0.323 e. The Kier molecular flexibility index (Phi) is 4.23. The lowest BCUT2D eigenvalue weighted by Crippen LogP contribution is -2.26. The van der Waals surface area contributed by atoms with Crippen molar-refractivity contribution in [3.8, 4) is 0 Å². The molecule has 0 spiro atoms. The van der Waals surface area contributed by atoms with Crippen LogP contribution in [0.15, 0.2) is 15.9 Å². The first-order valence-electron chi connectivity index (χ1n) is 4.27. The van der Waals surface area contributed by atoms with Crippen LogP contribution in [-0.4, -0.2) is 0 Å². The molecule has 13 heavy (non-hydrogen) atoms. The van der Waals surface area contributed by atoms with E-state index < -0.39 is 0 Å². The van der Waals surface area contributed by atoms with Gasteiger partial charge in [0.2, 0.25) is 0 Å². The van der Waals surface area contributed by atoms with Crippen LogP contribution in [0.25, 0.3) is 0 Å². The van der Waals surface area contributed by atoms with Gasteiger partial charge in [-0.15, -0.1) is 23.7 Å². The van der Waals surface area contributed by atoms with E-state index in [2.05, 4.69) is 27.4 Å². The molecule has 0 amide bonds. The molecule has 0 radical (unpaired) electrons. The van der Waals surface area contributed by atoms with Gasteiger partial charge >= 0.3 is 0 Å². The maximum atomic E-state index is 6.13. The fraction of sp³-hybridized carbons (Fsp3) is 0.556. The molecular weight excluding hydrogens is 270 g/mol. The summed E-state index contributed by atoms with van der Waals surface area (Å²) in [6.45, 7) is 0. The highest BCUT2D eigenvalue weighted by Crippen LogP contribution is 2.40. The number of hydrogen-bond acceptors (Lipinski definition) is 2. The van der Waals surface area contributed by atoms with Crippen molar-refractivity contribution in [3.63, 3.8) is 0 Å². The van der Waals surface area contributed by atoms with E-state index in [1.807, 2.05) is 0 Å². The SMILES string of the molecule is Cl.N[C@@H](c1sccc1Br)C1CCC1. The standard InChI is InChI=1S/C9H12BrNS.ClH/c10-7-4-5-12-9(7)8(11)6-2-1-3-6;/h4-6,8H,1-3,11H2;1H/t8-;/m1./s1. The molecule has 1 atom stereocenters. The Balaban J connectivity index is 0.000000845. The van der Waals surface area contributed by atoms with E-state index in [1.54, 1.807) is 11.3 Å². The molecule has 1 nitrogen and oxygen atoms in total. The largest absolute Gasteiger partial charge is 0.323 e. The maximum Gasteiger partial charge on any atom is 0.0429 e. The molecule has 0 aliphatic heterocycles. The van der Waals surface area contributed by atoms with Crippen molar-refractivity contribution in [3.05, 3.63) is 20.8 Å². The zero-order chi connectivity index (χ0) is 8.55. The van der Waals surface area contributed by atoms with E-state index in [4.69, 9.17) is 5.73 Å². The second-order valence-electron chi connectivity index (χ2n) is 3.35. The fourth-order valence-electron chi connectivity index (χ4n) is 1.56. The van der Waals surface area contributed by atoms with Gasteiger partial charge in [0.15, 0.2) is 0 Å². The maximum absolute atomic E-state index is 6.13. The summed E-state index contributed by atoms with van der Waals surface area (Å²) in [4.78, 5) is 1.32. The van der Waals surface area contributed by atoms with Crippen LogP contribution in [-0.2, 0) is 0 Å². The van der Waals surface area contributed by atoms with E-state index in [-0.39, 0.29) is 18.4 Å². The summed E-state index contributed by atoms with van der Waals surface area (Å²) >= 11 is 5.28. The van der Waals surface area contributed by atoms with Gasteiger partial charge in [0.05, 0.1) is 0 Å².